The maximum Gasteiger partial charge on any atom is 0.186 e. The molecule has 1 rings (SSSR count). The molecule has 13 heavy (non-hydrogen) atoms. The van der Waals surface area contributed by atoms with E-state index in [1.807, 2.05) is 27.7 Å². The Kier molecular flexibility index (Phi) is 3.07. The van der Waals surface area contributed by atoms with E-state index >= 15 is 0 Å². The molecule has 3 heteroatoms. The minimum Gasteiger partial charge on any atom is -0.478 e. The Balaban J connectivity index is 2.62. The van der Waals surface area contributed by atoms with Crippen molar-refractivity contribution in [3.63, 3.8) is 0 Å². The predicted molar refractivity (Wildman–Crippen MR) is 51.9 cm³/mol. The van der Waals surface area contributed by atoms with Gasteiger partial charge in [-0.2, -0.15) is 0 Å². The average Bonchev–Trinajstić information content (AvgIpc) is 2.50. The third kappa shape index (κ3) is 2.29. The minimum atomic E-state index is -0.252. The van der Waals surface area contributed by atoms with E-state index in [1.54, 1.807) is 0 Å². The summed E-state index contributed by atoms with van der Waals surface area (Å²) in [6.07, 6.45) is 0. The van der Waals surface area contributed by atoms with Crippen molar-refractivity contribution in [2.24, 2.45) is 16.8 Å². The zero-order valence-electron chi connectivity index (χ0n) is 8.70. The fourth-order valence-corrected chi connectivity index (χ4v) is 1.24. The van der Waals surface area contributed by atoms with Crippen LogP contribution in [0.4, 0.5) is 0 Å². The van der Waals surface area contributed by atoms with Crippen molar-refractivity contribution in [3.05, 3.63) is 0 Å². The van der Waals surface area contributed by atoms with Crippen LogP contribution in [-0.2, 0) is 9.53 Å². The van der Waals surface area contributed by atoms with Crippen LogP contribution in [0.25, 0.3) is 0 Å². The highest BCUT2D eigenvalue weighted by Crippen LogP contribution is 2.14. The minimum absolute atomic E-state index is 0.0452. The first kappa shape index (κ1) is 10.2. The third-order valence-electron chi connectivity index (χ3n) is 2.06. The Morgan fingerprint density at radius 1 is 1.46 bits per heavy atom. The molecule has 0 radical (unpaired) electrons. The van der Waals surface area contributed by atoms with Crippen LogP contribution < -0.4 is 0 Å². The van der Waals surface area contributed by atoms with E-state index in [-0.39, 0.29) is 23.7 Å². The molecular formula is C10H17NO2. The van der Waals surface area contributed by atoms with Crippen LogP contribution in [0, 0.1) is 11.8 Å². The summed E-state index contributed by atoms with van der Waals surface area (Å²) in [5.74, 6) is 1.23. The first-order valence-electron chi connectivity index (χ1n) is 4.76. The van der Waals surface area contributed by atoms with E-state index in [0.29, 0.717) is 6.61 Å². The van der Waals surface area contributed by atoms with Gasteiger partial charge < -0.3 is 4.74 Å². The number of hydrogen-bond donors (Lipinski definition) is 0. The number of ketones is 1. The van der Waals surface area contributed by atoms with Crippen LogP contribution in [0.1, 0.15) is 27.7 Å². The molecule has 0 aromatic rings. The molecule has 0 spiro atoms. The summed E-state index contributed by atoms with van der Waals surface area (Å²) in [5.41, 5.74) is 0. The van der Waals surface area contributed by atoms with Gasteiger partial charge in [-0.1, -0.05) is 27.7 Å². The van der Waals surface area contributed by atoms with E-state index in [4.69, 9.17) is 4.74 Å². The smallest absolute Gasteiger partial charge is 0.186 e. The molecule has 0 aromatic heterocycles. The predicted octanol–water partition coefficient (Wildman–Crippen LogP) is 1.66. The molecule has 0 amide bonds. The number of carbonyl (C=O) groups is 1. The van der Waals surface area contributed by atoms with E-state index in [2.05, 4.69) is 4.99 Å². The standard InChI is InChI=1S/C10H17NO2/c1-6(2)9(12)8-5-13-10(11-8)7(3)4/h6-8H,5H2,1-4H3. The summed E-state index contributed by atoms with van der Waals surface area (Å²) in [5, 5.41) is 0. The lowest BCUT2D eigenvalue weighted by molar-refractivity contribution is -0.123. The number of aliphatic imine (C=N–C) groups is 1. The van der Waals surface area contributed by atoms with Gasteiger partial charge >= 0.3 is 0 Å². The molecule has 0 N–H and O–H groups in total. The largest absolute Gasteiger partial charge is 0.478 e. The van der Waals surface area contributed by atoms with Gasteiger partial charge in [-0.05, 0) is 0 Å². The van der Waals surface area contributed by atoms with Gasteiger partial charge in [0.05, 0.1) is 0 Å². The first-order chi connectivity index (χ1) is 6.02. The van der Waals surface area contributed by atoms with Crippen molar-refractivity contribution in [2.45, 2.75) is 33.7 Å². The molecule has 3 nitrogen and oxygen atoms in total. The Hall–Kier alpha value is -0.860. The molecule has 0 saturated carbocycles. The summed E-state index contributed by atoms with van der Waals surface area (Å²) in [4.78, 5) is 15.8. The zero-order valence-corrected chi connectivity index (χ0v) is 8.70. The number of Topliss-reactive ketones (excluding diaryl/α,β-unsaturated/α-hetero) is 1. The second-order valence-corrected chi connectivity index (χ2v) is 4.01. The highest BCUT2D eigenvalue weighted by molar-refractivity contribution is 5.91. The highest BCUT2D eigenvalue weighted by Gasteiger charge is 2.28. The molecular weight excluding hydrogens is 166 g/mol. The highest BCUT2D eigenvalue weighted by atomic mass is 16.5. The van der Waals surface area contributed by atoms with Gasteiger partial charge in [-0.25, -0.2) is 4.99 Å². The van der Waals surface area contributed by atoms with Crippen molar-refractivity contribution in [3.8, 4) is 0 Å². The molecule has 0 fully saturated rings. The van der Waals surface area contributed by atoms with Gasteiger partial charge in [0.25, 0.3) is 0 Å². The molecule has 0 aliphatic carbocycles. The van der Waals surface area contributed by atoms with Crippen molar-refractivity contribution in [1.82, 2.24) is 0 Å². The van der Waals surface area contributed by atoms with Gasteiger partial charge in [-0.3, -0.25) is 4.79 Å². The average molecular weight is 183 g/mol. The quantitative estimate of drug-likeness (QED) is 0.667. The molecule has 1 heterocycles. The topological polar surface area (TPSA) is 38.7 Å². The summed E-state index contributed by atoms with van der Waals surface area (Å²) >= 11 is 0. The van der Waals surface area contributed by atoms with Crippen molar-refractivity contribution >= 4 is 11.7 Å². The molecule has 1 unspecified atom stereocenters. The molecule has 0 bridgehead atoms. The lowest BCUT2D eigenvalue weighted by atomic mass is 10.0. The van der Waals surface area contributed by atoms with Crippen LogP contribution in [0.2, 0.25) is 0 Å². The molecule has 0 saturated heterocycles. The van der Waals surface area contributed by atoms with Crippen molar-refractivity contribution in [2.75, 3.05) is 6.61 Å². The van der Waals surface area contributed by atoms with E-state index in [1.165, 1.54) is 0 Å². The summed E-state index contributed by atoms with van der Waals surface area (Å²) in [6, 6.07) is -0.252. The van der Waals surface area contributed by atoms with Crippen molar-refractivity contribution in [1.29, 1.82) is 0 Å². The SMILES string of the molecule is CC(C)C(=O)C1COC(C(C)C)=N1. The van der Waals surface area contributed by atoms with Gasteiger partial charge in [0.15, 0.2) is 11.7 Å². The number of carbonyl (C=O) groups excluding carboxylic acids is 1. The maximum atomic E-state index is 11.5. The van der Waals surface area contributed by atoms with Gasteiger partial charge in [0.2, 0.25) is 0 Å². The molecule has 1 aliphatic rings. The third-order valence-corrected chi connectivity index (χ3v) is 2.06. The monoisotopic (exact) mass is 183 g/mol. The Labute approximate surface area is 79.2 Å². The fraction of sp³-hybridized carbons (Fsp3) is 0.800. The van der Waals surface area contributed by atoms with E-state index in [0.717, 1.165) is 5.90 Å². The van der Waals surface area contributed by atoms with E-state index in [9.17, 15) is 4.79 Å². The van der Waals surface area contributed by atoms with E-state index < -0.39 is 0 Å². The normalized spacial score (nSPS) is 22.0. The van der Waals surface area contributed by atoms with Crippen LogP contribution in [-0.4, -0.2) is 24.3 Å². The zero-order chi connectivity index (χ0) is 10.0. The molecule has 1 atom stereocenters. The number of rotatable bonds is 3. The summed E-state index contributed by atoms with van der Waals surface area (Å²) < 4.78 is 5.33. The van der Waals surface area contributed by atoms with Crippen LogP contribution in [0.15, 0.2) is 4.99 Å². The van der Waals surface area contributed by atoms with Crippen LogP contribution >= 0.6 is 0 Å². The number of ether oxygens (including phenoxy) is 1. The van der Waals surface area contributed by atoms with Gasteiger partial charge in [0.1, 0.15) is 12.6 Å². The summed E-state index contributed by atoms with van der Waals surface area (Å²) in [7, 11) is 0. The van der Waals surface area contributed by atoms with Crippen LogP contribution in [0.5, 0.6) is 0 Å². The molecule has 0 aromatic carbocycles. The van der Waals surface area contributed by atoms with Gasteiger partial charge in [-0.15, -0.1) is 0 Å². The lowest BCUT2D eigenvalue weighted by Gasteiger charge is -2.05. The second-order valence-electron chi connectivity index (χ2n) is 4.01. The van der Waals surface area contributed by atoms with Crippen LogP contribution in [0.3, 0.4) is 0 Å². The van der Waals surface area contributed by atoms with Gasteiger partial charge in [0, 0.05) is 11.8 Å². The Morgan fingerprint density at radius 3 is 2.46 bits per heavy atom. The Bertz CT molecular complexity index is 231. The number of hydrogen-bond acceptors (Lipinski definition) is 3. The summed E-state index contributed by atoms with van der Waals surface area (Å²) in [6.45, 7) is 8.25. The molecule has 1 aliphatic heterocycles. The fourth-order valence-electron chi connectivity index (χ4n) is 1.24. The van der Waals surface area contributed by atoms with Crippen molar-refractivity contribution < 1.29 is 9.53 Å². The second kappa shape index (κ2) is 3.90. The number of nitrogens with zero attached hydrogens (tertiary/aromatic N) is 1. The maximum absolute atomic E-state index is 11.5. The lowest BCUT2D eigenvalue weighted by Crippen LogP contribution is -2.24. The molecule has 74 valence electrons. The first-order valence-corrected chi connectivity index (χ1v) is 4.76. The Morgan fingerprint density at radius 2 is 2.08 bits per heavy atom.